The van der Waals surface area contributed by atoms with Gasteiger partial charge < -0.3 is 9.29 Å². The van der Waals surface area contributed by atoms with Crippen LogP contribution in [0.25, 0.3) is 5.57 Å². The fraction of sp³-hybridized carbons (Fsp3) is 0.481. The van der Waals surface area contributed by atoms with Gasteiger partial charge in [-0.05, 0) is 107 Å². The molecule has 2 aromatic rings. The van der Waals surface area contributed by atoms with Crippen LogP contribution < -0.4 is 0 Å². The maximum Gasteiger partial charge on any atom is 0.592 e. The summed E-state index contributed by atoms with van der Waals surface area (Å²) < 4.78 is 18.5. The summed E-state index contributed by atoms with van der Waals surface area (Å²) in [5.41, 5.74) is 14.2. The van der Waals surface area contributed by atoms with Crippen molar-refractivity contribution in [1.82, 2.24) is 9.29 Å². The zero-order valence-electron chi connectivity index (χ0n) is 20.9. The predicted octanol–water partition coefficient (Wildman–Crippen LogP) is 6.99. The molecule has 0 radical (unpaired) electrons. The van der Waals surface area contributed by atoms with Crippen molar-refractivity contribution in [3.63, 3.8) is 0 Å². The molecule has 4 rings (SSSR count). The van der Waals surface area contributed by atoms with Gasteiger partial charge in [0.1, 0.15) is 0 Å². The third-order valence-electron chi connectivity index (χ3n) is 7.77. The van der Waals surface area contributed by atoms with E-state index in [9.17, 15) is 0 Å². The number of halogens is 1. The average Bonchev–Trinajstić information content (AvgIpc) is 3.04. The molecule has 3 heterocycles. The molecule has 1 aromatic carbocycles. The van der Waals surface area contributed by atoms with Gasteiger partial charge in [-0.3, -0.25) is 4.32 Å². The molecule has 0 bridgehead atoms. The molecule has 164 valence electrons. The first-order chi connectivity index (χ1) is 14.5. The summed E-state index contributed by atoms with van der Waals surface area (Å²) in [7, 11) is -1.20. The van der Waals surface area contributed by atoms with Gasteiger partial charge in [-0.15, -0.1) is 0 Å². The highest BCUT2D eigenvalue weighted by Crippen LogP contribution is 2.52. The average molecular weight is 418 g/mol. The van der Waals surface area contributed by atoms with Crippen molar-refractivity contribution in [1.29, 1.82) is 0 Å². The number of aromatic nitrogens is 1. The molecule has 0 atom stereocenters. The van der Waals surface area contributed by atoms with E-state index in [1.54, 1.807) is 0 Å². The van der Waals surface area contributed by atoms with Crippen LogP contribution in [0.1, 0.15) is 85.8 Å². The largest absolute Gasteiger partial charge is 0.592 e. The maximum atomic E-state index is 16.5. The van der Waals surface area contributed by atoms with Crippen LogP contribution in [0.2, 0.25) is 0 Å². The van der Waals surface area contributed by atoms with E-state index >= 15 is 4.32 Å². The highest BCUT2D eigenvalue weighted by atomic mass is 19.1. The Morgan fingerprint density at radius 3 is 2.03 bits per heavy atom. The van der Waals surface area contributed by atoms with Crippen LogP contribution in [-0.2, 0) is 6.42 Å². The third-order valence-corrected chi connectivity index (χ3v) is 7.77. The highest BCUT2D eigenvalue weighted by molar-refractivity contribution is 6.49. The molecule has 2 aliphatic rings. The zero-order valence-corrected chi connectivity index (χ0v) is 20.9. The van der Waals surface area contributed by atoms with Crippen molar-refractivity contribution in [3.05, 3.63) is 73.7 Å². The van der Waals surface area contributed by atoms with Crippen molar-refractivity contribution >= 4 is 12.8 Å². The maximum absolute atomic E-state index is 16.5. The summed E-state index contributed by atoms with van der Waals surface area (Å²) in [5, 5.41) is 0. The predicted molar refractivity (Wildman–Crippen MR) is 131 cm³/mol. The molecule has 0 aliphatic carbocycles. The van der Waals surface area contributed by atoms with Crippen molar-refractivity contribution in [2.45, 2.75) is 87.6 Å². The lowest BCUT2D eigenvalue weighted by atomic mass is 9.81. The van der Waals surface area contributed by atoms with Crippen molar-refractivity contribution < 1.29 is 4.32 Å². The van der Waals surface area contributed by atoms with Gasteiger partial charge >= 0.3 is 7.26 Å². The molecular weight excluding hydrogens is 382 g/mol. The van der Waals surface area contributed by atoms with Crippen molar-refractivity contribution in [3.8, 4) is 0 Å². The Labute approximate surface area is 188 Å². The van der Waals surface area contributed by atoms with E-state index in [4.69, 9.17) is 0 Å². The van der Waals surface area contributed by atoms with Crippen molar-refractivity contribution in [2.75, 3.05) is 0 Å². The summed E-state index contributed by atoms with van der Waals surface area (Å²) in [6, 6.07) is 4.52. The molecule has 0 saturated heterocycles. The van der Waals surface area contributed by atoms with Crippen LogP contribution in [0.4, 0.5) is 4.32 Å². The lowest BCUT2D eigenvalue weighted by Crippen LogP contribution is -2.53. The molecule has 31 heavy (non-hydrogen) atoms. The second-order valence-electron chi connectivity index (χ2n) is 9.96. The zero-order chi connectivity index (χ0) is 23.0. The SMILES string of the molecule is CCC1=C(C)C2=C(c3c(C)cc(C)cc3C)c3c(C)c(CC)c(C)n3B(F)N2C1(C)C. The van der Waals surface area contributed by atoms with Crippen LogP contribution in [0, 0.1) is 34.6 Å². The van der Waals surface area contributed by atoms with E-state index in [0.29, 0.717) is 0 Å². The Morgan fingerprint density at radius 1 is 0.935 bits per heavy atom. The first-order valence-corrected chi connectivity index (χ1v) is 11.7. The first-order valence-electron chi connectivity index (χ1n) is 11.7. The first kappa shape index (κ1) is 22.0. The van der Waals surface area contributed by atoms with Gasteiger partial charge in [-0.1, -0.05) is 31.5 Å². The second kappa shape index (κ2) is 7.15. The summed E-state index contributed by atoms with van der Waals surface area (Å²) in [5.74, 6) is 0. The van der Waals surface area contributed by atoms with Gasteiger partial charge in [-0.25, -0.2) is 0 Å². The third kappa shape index (κ3) is 2.76. The number of aryl methyl sites for hydroxylation is 3. The lowest BCUT2D eigenvalue weighted by molar-refractivity contribution is 0.317. The fourth-order valence-corrected chi connectivity index (χ4v) is 6.63. The smallest absolute Gasteiger partial charge is 0.357 e. The molecule has 0 fully saturated rings. The van der Waals surface area contributed by atoms with Gasteiger partial charge in [0.25, 0.3) is 0 Å². The second-order valence-corrected chi connectivity index (χ2v) is 9.96. The summed E-state index contributed by atoms with van der Waals surface area (Å²) in [4.78, 5) is 2.05. The Bertz CT molecular complexity index is 1140. The van der Waals surface area contributed by atoms with E-state index in [-0.39, 0.29) is 5.54 Å². The molecular formula is C27H36BFN2. The van der Waals surface area contributed by atoms with Gasteiger partial charge in [0.05, 0.1) is 0 Å². The van der Waals surface area contributed by atoms with E-state index in [2.05, 4.69) is 81.4 Å². The Hall–Kier alpha value is -2.23. The molecule has 2 aliphatic heterocycles. The van der Waals surface area contributed by atoms with Crippen LogP contribution >= 0.6 is 0 Å². The van der Waals surface area contributed by atoms with Crippen LogP contribution in [0.3, 0.4) is 0 Å². The van der Waals surface area contributed by atoms with E-state index in [1.807, 2.05) is 9.29 Å². The number of fused-ring (bicyclic) bond motifs is 2. The highest BCUT2D eigenvalue weighted by Gasteiger charge is 2.52. The Balaban J connectivity index is 2.23. The minimum Gasteiger partial charge on any atom is -0.357 e. The number of nitrogens with zero attached hydrogens (tertiary/aromatic N) is 2. The minimum absolute atomic E-state index is 0.361. The molecule has 1 aromatic heterocycles. The van der Waals surface area contributed by atoms with Gasteiger partial charge in [-0.2, -0.15) is 0 Å². The molecule has 2 nitrogen and oxygen atoms in total. The molecule has 0 unspecified atom stereocenters. The van der Waals surface area contributed by atoms with Crippen molar-refractivity contribution in [2.24, 2.45) is 0 Å². The quantitative estimate of drug-likeness (QED) is 0.488. The minimum atomic E-state index is -1.20. The summed E-state index contributed by atoms with van der Waals surface area (Å²) in [6.07, 6.45) is 1.84. The Kier molecular flexibility index (Phi) is 5.07. The van der Waals surface area contributed by atoms with Gasteiger partial charge in [0.2, 0.25) is 0 Å². The van der Waals surface area contributed by atoms with Gasteiger partial charge in [0, 0.05) is 28.2 Å². The number of allylic oxidation sites excluding steroid dienone is 1. The summed E-state index contributed by atoms with van der Waals surface area (Å²) >= 11 is 0. The van der Waals surface area contributed by atoms with Crippen LogP contribution in [0.15, 0.2) is 29.0 Å². The standard InChI is InChI=1S/C27H36BFN2/c1-11-21-18(6)25-24(23-16(4)13-15(3)14-17(23)5)26-19(7)22(12-2)27(9,10)31(26)28(29)30(25)20(21)8/h13-14H,11-12H2,1-10H3. The van der Waals surface area contributed by atoms with Crippen LogP contribution in [-0.4, -0.2) is 22.1 Å². The normalized spacial score (nSPS) is 17.6. The number of benzene rings is 1. The summed E-state index contributed by atoms with van der Waals surface area (Å²) in [6.45, 7) is 21.7. The molecule has 4 heteroatoms. The fourth-order valence-electron chi connectivity index (χ4n) is 6.63. The van der Waals surface area contributed by atoms with E-state index in [1.165, 1.54) is 50.1 Å². The number of hydrogen-bond donors (Lipinski definition) is 0. The van der Waals surface area contributed by atoms with Crippen LogP contribution in [0.5, 0.6) is 0 Å². The topological polar surface area (TPSA) is 8.17 Å². The van der Waals surface area contributed by atoms with Gasteiger partial charge in [0.15, 0.2) is 0 Å². The molecule has 0 amide bonds. The molecule has 0 spiro atoms. The monoisotopic (exact) mass is 418 g/mol. The number of hydrogen-bond acceptors (Lipinski definition) is 1. The van der Waals surface area contributed by atoms with E-state index < -0.39 is 7.26 Å². The lowest BCUT2D eigenvalue weighted by Gasteiger charge is -2.42. The molecule has 0 N–H and O–H groups in total. The number of rotatable bonds is 3. The van der Waals surface area contributed by atoms with E-state index in [0.717, 1.165) is 29.9 Å². The Morgan fingerprint density at radius 2 is 1.52 bits per heavy atom. The molecule has 0 saturated carbocycles.